The number of rotatable bonds is 0. The molecule has 0 spiro atoms. The van der Waals surface area contributed by atoms with Gasteiger partial charge in [-0.1, -0.05) is 17.7 Å². The van der Waals surface area contributed by atoms with Crippen molar-refractivity contribution >= 4 is 34.4 Å². The van der Waals surface area contributed by atoms with Gasteiger partial charge in [-0.05, 0) is 12.1 Å². The predicted octanol–water partition coefficient (Wildman–Crippen LogP) is 1.80. The van der Waals surface area contributed by atoms with Gasteiger partial charge in [-0.3, -0.25) is 0 Å². The highest BCUT2D eigenvalue weighted by molar-refractivity contribution is 6.36. The molecule has 2 rings (SSSR count). The number of hydrogen-bond donors (Lipinski definition) is 2. The summed E-state index contributed by atoms with van der Waals surface area (Å²) in [5.41, 5.74) is 5.93. The molecule has 3 N–H and O–H groups in total. The van der Waals surface area contributed by atoms with Gasteiger partial charge in [-0.2, -0.15) is 4.68 Å². The maximum Gasteiger partial charge on any atom is 0.432 e. The number of anilines is 1. The number of hydrogen-bond acceptors (Lipinski definition) is 3. The SMILES string of the molecule is Nc1nn(C(=O)O)c2cccc(Cl)c12. The molecule has 0 bridgehead atoms. The average Bonchev–Trinajstić information content (AvgIpc) is 2.45. The zero-order valence-electron chi connectivity index (χ0n) is 6.94. The van der Waals surface area contributed by atoms with Crippen molar-refractivity contribution in [2.75, 3.05) is 5.73 Å². The van der Waals surface area contributed by atoms with E-state index in [0.29, 0.717) is 15.9 Å². The lowest BCUT2D eigenvalue weighted by Crippen LogP contribution is -2.09. The molecule has 0 unspecified atom stereocenters. The molecule has 0 saturated carbocycles. The Kier molecular flexibility index (Phi) is 1.82. The molecule has 14 heavy (non-hydrogen) atoms. The van der Waals surface area contributed by atoms with E-state index in [1.165, 1.54) is 0 Å². The number of carboxylic acid groups (broad SMARTS) is 1. The molecule has 0 radical (unpaired) electrons. The molecule has 1 aromatic heterocycles. The van der Waals surface area contributed by atoms with Crippen LogP contribution in [-0.2, 0) is 0 Å². The van der Waals surface area contributed by atoms with Crippen LogP contribution in [0.2, 0.25) is 5.02 Å². The van der Waals surface area contributed by atoms with Crippen LogP contribution < -0.4 is 5.73 Å². The minimum atomic E-state index is -1.19. The van der Waals surface area contributed by atoms with Crippen molar-refractivity contribution in [2.24, 2.45) is 0 Å². The summed E-state index contributed by atoms with van der Waals surface area (Å²) in [6.07, 6.45) is -1.19. The largest absolute Gasteiger partial charge is 0.463 e. The second kappa shape index (κ2) is 2.88. The van der Waals surface area contributed by atoms with Gasteiger partial charge in [-0.15, -0.1) is 5.10 Å². The van der Waals surface area contributed by atoms with Crippen LogP contribution in [0.15, 0.2) is 18.2 Å². The Labute approximate surface area is 83.7 Å². The number of halogens is 1. The minimum Gasteiger partial charge on any atom is -0.463 e. The topological polar surface area (TPSA) is 81.1 Å². The van der Waals surface area contributed by atoms with Crippen molar-refractivity contribution in [1.29, 1.82) is 0 Å². The first-order valence-corrected chi connectivity index (χ1v) is 4.15. The van der Waals surface area contributed by atoms with E-state index in [0.717, 1.165) is 4.68 Å². The van der Waals surface area contributed by atoms with Gasteiger partial charge >= 0.3 is 6.09 Å². The molecule has 2 aromatic rings. The van der Waals surface area contributed by atoms with Gasteiger partial charge in [0.05, 0.1) is 15.9 Å². The maximum absolute atomic E-state index is 10.7. The highest BCUT2D eigenvalue weighted by atomic mass is 35.5. The molecule has 0 aliphatic heterocycles. The summed E-state index contributed by atoms with van der Waals surface area (Å²) in [7, 11) is 0. The fourth-order valence-corrected chi connectivity index (χ4v) is 1.57. The molecule has 0 saturated heterocycles. The number of benzene rings is 1. The Morgan fingerprint density at radius 2 is 2.29 bits per heavy atom. The maximum atomic E-state index is 10.7. The third-order valence-corrected chi connectivity index (χ3v) is 2.18. The predicted molar refractivity (Wildman–Crippen MR) is 52.6 cm³/mol. The van der Waals surface area contributed by atoms with Crippen LogP contribution in [0.3, 0.4) is 0 Å². The molecule has 0 fully saturated rings. The van der Waals surface area contributed by atoms with Crippen LogP contribution in [-0.4, -0.2) is 21.0 Å². The van der Waals surface area contributed by atoms with Gasteiger partial charge in [0.25, 0.3) is 0 Å². The Balaban J connectivity index is 2.91. The number of carbonyl (C=O) groups is 1. The van der Waals surface area contributed by atoms with Gasteiger partial charge in [0.1, 0.15) is 0 Å². The van der Waals surface area contributed by atoms with E-state index < -0.39 is 6.09 Å². The molecule has 1 heterocycles. The number of fused-ring (bicyclic) bond motifs is 1. The molecular formula is C8H6ClN3O2. The molecule has 0 amide bonds. The van der Waals surface area contributed by atoms with Crippen molar-refractivity contribution in [2.45, 2.75) is 0 Å². The lowest BCUT2D eigenvalue weighted by molar-refractivity contribution is 0.194. The fraction of sp³-hybridized carbons (Fsp3) is 0. The molecular weight excluding hydrogens is 206 g/mol. The van der Waals surface area contributed by atoms with Crippen molar-refractivity contribution in [1.82, 2.24) is 9.78 Å². The Morgan fingerprint density at radius 1 is 1.57 bits per heavy atom. The Bertz CT molecular complexity index is 521. The monoisotopic (exact) mass is 211 g/mol. The summed E-state index contributed by atoms with van der Waals surface area (Å²) in [4.78, 5) is 10.7. The third kappa shape index (κ3) is 1.10. The van der Waals surface area contributed by atoms with E-state index >= 15 is 0 Å². The summed E-state index contributed by atoms with van der Waals surface area (Å²) in [6.45, 7) is 0. The number of aromatic nitrogens is 2. The quantitative estimate of drug-likeness (QED) is 0.696. The standard InChI is InChI=1S/C8H6ClN3O2/c9-4-2-1-3-5-6(4)7(10)11-12(5)8(13)14/h1-3H,(H2,10,11)(H,13,14). The molecule has 0 aliphatic rings. The van der Waals surface area contributed by atoms with E-state index in [1.54, 1.807) is 18.2 Å². The summed E-state index contributed by atoms with van der Waals surface area (Å²) >= 11 is 5.85. The highest BCUT2D eigenvalue weighted by Crippen LogP contribution is 2.27. The summed E-state index contributed by atoms with van der Waals surface area (Å²) in [6, 6.07) is 4.87. The van der Waals surface area contributed by atoms with Crippen molar-refractivity contribution in [3.63, 3.8) is 0 Å². The fourth-order valence-electron chi connectivity index (χ4n) is 1.30. The molecule has 1 aromatic carbocycles. The van der Waals surface area contributed by atoms with Crippen molar-refractivity contribution in [3.05, 3.63) is 23.2 Å². The summed E-state index contributed by atoms with van der Waals surface area (Å²) in [5, 5.41) is 13.3. The van der Waals surface area contributed by atoms with Crippen molar-refractivity contribution in [3.8, 4) is 0 Å². The van der Waals surface area contributed by atoms with Gasteiger partial charge in [0.15, 0.2) is 5.82 Å². The van der Waals surface area contributed by atoms with E-state index in [9.17, 15) is 4.79 Å². The number of nitrogen functional groups attached to an aromatic ring is 1. The first kappa shape index (κ1) is 8.83. The molecule has 0 aliphatic carbocycles. The summed E-state index contributed by atoms with van der Waals surface area (Å²) in [5.74, 6) is 0.119. The lowest BCUT2D eigenvalue weighted by Gasteiger charge is -1.95. The molecule has 0 atom stereocenters. The lowest BCUT2D eigenvalue weighted by atomic mass is 10.2. The number of nitrogens with zero attached hydrogens (tertiary/aromatic N) is 2. The highest BCUT2D eigenvalue weighted by Gasteiger charge is 2.14. The second-order valence-corrected chi connectivity index (χ2v) is 3.12. The van der Waals surface area contributed by atoms with Gasteiger partial charge in [0.2, 0.25) is 0 Å². The molecule has 6 heteroatoms. The van der Waals surface area contributed by atoms with Crippen LogP contribution >= 0.6 is 11.6 Å². The van der Waals surface area contributed by atoms with Crippen LogP contribution in [0.1, 0.15) is 0 Å². The van der Waals surface area contributed by atoms with Gasteiger partial charge in [0, 0.05) is 0 Å². The Morgan fingerprint density at radius 3 is 2.93 bits per heavy atom. The smallest absolute Gasteiger partial charge is 0.432 e. The third-order valence-electron chi connectivity index (χ3n) is 1.86. The van der Waals surface area contributed by atoms with Crippen LogP contribution in [0.4, 0.5) is 10.6 Å². The first-order valence-electron chi connectivity index (χ1n) is 3.77. The van der Waals surface area contributed by atoms with Gasteiger partial charge < -0.3 is 10.8 Å². The first-order chi connectivity index (χ1) is 6.61. The van der Waals surface area contributed by atoms with E-state index in [4.69, 9.17) is 22.4 Å². The van der Waals surface area contributed by atoms with Crippen LogP contribution in [0.25, 0.3) is 10.9 Å². The van der Waals surface area contributed by atoms with E-state index in [-0.39, 0.29) is 5.82 Å². The zero-order chi connectivity index (χ0) is 10.3. The van der Waals surface area contributed by atoms with Gasteiger partial charge in [-0.25, -0.2) is 4.79 Å². The number of nitrogens with two attached hydrogens (primary N) is 1. The normalized spacial score (nSPS) is 10.6. The molecule has 5 nitrogen and oxygen atoms in total. The Hall–Kier alpha value is -1.75. The molecule has 72 valence electrons. The van der Waals surface area contributed by atoms with E-state index in [2.05, 4.69) is 5.10 Å². The average molecular weight is 212 g/mol. The minimum absolute atomic E-state index is 0.119. The zero-order valence-corrected chi connectivity index (χ0v) is 7.69. The van der Waals surface area contributed by atoms with Crippen LogP contribution in [0, 0.1) is 0 Å². The van der Waals surface area contributed by atoms with Crippen molar-refractivity contribution < 1.29 is 9.90 Å². The summed E-state index contributed by atoms with van der Waals surface area (Å²) < 4.78 is 0.802. The second-order valence-electron chi connectivity index (χ2n) is 2.71. The van der Waals surface area contributed by atoms with Crippen LogP contribution in [0.5, 0.6) is 0 Å². The van der Waals surface area contributed by atoms with E-state index in [1.807, 2.05) is 0 Å².